The summed E-state index contributed by atoms with van der Waals surface area (Å²) < 4.78 is 0. The van der Waals surface area contributed by atoms with E-state index < -0.39 is 0 Å². The number of nitrogens with zero attached hydrogens (tertiary/aromatic N) is 2. The molecule has 1 aromatic heterocycles. The smallest absolute Gasteiger partial charge is 0.0890 e. The molecule has 94 valence electrons. The van der Waals surface area contributed by atoms with Crippen LogP contribution in [0.1, 0.15) is 11.3 Å². The molecule has 1 N–H and O–H groups in total. The van der Waals surface area contributed by atoms with Crippen molar-refractivity contribution in [3.05, 3.63) is 66.0 Å². The normalized spacial score (nSPS) is 10.6. The second-order valence-corrected chi connectivity index (χ2v) is 4.52. The van der Waals surface area contributed by atoms with Crippen LogP contribution in [0.25, 0.3) is 11.0 Å². The summed E-state index contributed by atoms with van der Waals surface area (Å²) >= 11 is 0. The van der Waals surface area contributed by atoms with Crippen molar-refractivity contribution in [3.8, 4) is 0 Å². The van der Waals surface area contributed by atoms with E-state index in [-0.39, 0.29) is 0 Å². The van der Waals surface area contributed by atoms with Gasteiger partial charge in [0.15, 0.2) is 0 Å². The number of nitrogens with one attached hydrogen (secondary N) is 1. The molecule has 2 aromatic carbocycles. The van der Waals surface area contributed by atoms with Crippen molar-refractivity contribution in [3.63, 3.8) is 0 Å². The van der Waals surface area contributed by atoms with Gasteiger partial charge in [-0.05, 0) is 30.7 Å². The van der Waals surface area contributed by atoms with Gasteiger partial charge in [-0.3, -0.25) is 4.98 Å². The van der Waals surface area contributed by atoms with Crippen LogP contribution >= 0.6 is 0 Å². The van der Waals surface area contributed by atoms with E-state index in [0.29, 0.717) is 6.54 Å². The number of benzene rings is 2. The predicted molar refractivity (Wildman–Crippen MR) is 78.0 cm³/mol. The monoisotopic (exact) mass is 249 g/mol. The molecule has 0 radical (unpaired) electrons. The Morgan fingerprint density at radius 2 is 1.68 bits per heavy atom. The molecule has 3 rings (SSSR count). The molecule has 0 bridgehead atoms. The number of rotatable bonds is 3. The first-order chi connectivity index (χ1) is 9.33. The standard InChI is InChI=1S/C16H15N3/c1-12-6-2-3-7-14(12)17-10-13-11-18-15-8-4-5-9-16(15)19-13/h2-9,11,17H,10H2,1H3. The first kappa shape index (κ1) is 11.7. The average molecular weight is 249 g/mol. The number of anilines is 1. The topological polar surface area (TPSA) is 37.8 Å². The van der Waals surface area contributed by atoms with Gasteiger partial charge >= 0.3 is 0 Å². The Kier molecular flexibility index (Phi) is 3.11. The van der Waals surface area contributed by atoms with Gasteiger partial charge in [0.25, 0.3) is 0 Å². The highest BCUT2D eigenvalue weighted by atomic mass is 14.9. The summed E-state index contributed by atoms with van der Waals surface area (Å²) in [6.07, 6.45) is 1.83. The van der Waals surface area contributed by atoms with Crippen LogP contribution < -0.4 is 5.32 Å². The Balaban J connectivity index is 1.80. The first-order valence-electron chi connectivity index (χ1n) is 6.33. The molecule has 0 spiro atoms. The molecule has 0 aliphatic carbocycles. The average Bonchev–Trinajstić information content (AvgIpc) is 2.46. The lowest BCUT2D eigenvalue weighted by molar-refractivity contribution is 1.04. The molecular weight excluding hydrogens is 234 g/mol. The van der Waals surface area contributed by atoms with Crippen LogP contribution in [-0.4, -0.2) is 9.97 Å². The van der Waals surface area contributed by atoms with Gasteiger partial charge in [0.05, 0.1) is 29.5 Å². The number of hydrogen-bond acceptors (Lipinski definition) is 3. The maximum atomic E-state index is 4.59. The molecular formula is C16H15N3. The molecule has 1 heterocycles. The fourth-order valence-corrected chi connectivity index (χ4v) is 2.04. The summed E-state index contributed by atoms with van der Waals surface area (Å²) in [4.78, 5) is 9.01. The van der Waals surface area contributed by atoms with E-state index in [0.717, 1.165) is 22.4 Å². The van der Waals surface area contributed by atoms with Crippen molar-refractivity contribution < 1.29 is 0 Å². The Bertz CT molecular complexity index is 707. The van der Waals surface area contributed by atoms with Crippen LogP contribution in [0.2, 0.25) is 0 Å². The van der Waals surface area contributed by atoms with Crippen LogP contribution in [0.5, 0.6) is 0 Å². The molecule has 0 unspecified atom stereocenters. The van der Waals surface area contributed by atoms with Crippen LogP contribution in [0.3, 0.4) is 0 Å². The Morgan fingerprint density at radius 1 is 0.947 bits per heavy atom. The molecule has 3 aromatic rings. The fraction of sp³-hybridized carbons (Fsp3) is 0.125. The third kappa shape index (κ3) is 2.55. The lowest BCUT2D eigenvalue weighted by Gasteiger charge is -2.08. The second kappa shape index (κ2) is 5.06. The summed E-state index contributed by atoms with van der Waals surface area (Å²) in [6, 6.07) is 16.1. The van der Waals surface area contributed by atoms with Crippen LogP contribution in [0, 0.1) is 6.92 Å². The molecule has 3 heteroatoms. The van der Waals surface area contributed by atoms with E-state index in [4.69, 9.17) is 0 Å². The van der Waals surface area contributed by atoms with Gasteiger partial charge < -0.3 is 5.32 Å². The van der Waals surface area contributed by atoms with E-state index in [1.807, 2.05) is 42.6 Å². The highest BCUT2D eigenvalue weighted by Crippen LogP contribution is 2.14. The van der Waals surface area contributed by atoms with E-state index in [1.54, 1.807) is 0 Å². The third-order valence-corrected chi connectivity index (χ3v) is 3.10. The van der Waals surface area contributed by atoms with Crippen molar-refractivity contribution >= 4 is 16.7 Å². The molecule has 0 atom stereocenters. The van der Waals surface area contributed by atoms with Gasteiger partial charge in [0, 0.05) is 5.69 Å². The number of aromatic nitrogens is 2. The van der Waals surface area contributed by atoms with Gasteiger partial charge in [-0.15, -0.1) is 0 Å². The Labute approximate surface area is 112 Å². The maximum Gasteiger partial charge on any atom is 0.0890 e. The number of hydrogen-bond donors (Lipinski definition) is 1. The minimum atomic E-state index is 0.683. The van der Waals surface area contributed by atoms with Crippen molar-refractivity contribution in [2.45, 2.75) is 13.5 Å². The van der Waals surface area contributed by atoms with Gasteiger partial charge in [0.1, 0.15) is 0 Å². The maximum absolute atomic E-state index is 4.59. The quantitative estimate of drug-likeness (QED) is 0.771. The van der Waals surface area contributed by atoms with E-state index in [1.165, 1.54) is 5.56 Å². The molecule has 0 fully saturated rings. The Morgan fingerprint density at radius 3 is 2.53 bits per heavy atom. The van der Waals surface area contributed by atoms with Gasteiger partial charge in [-0.1, -0.05) is 30.3 Å². The van der Waals surface area contributed by atoms with E-state index in [2.05, 4.69) is 34.3 Å². The lowest BCUT2D eigenvalue weighted by Crippen LogP contribution is -2.03. The van der Waals surface area contributed by atoms with Crippen molar-refractivity contribution in [2.24, 2.45) is 0 Å². The second-order valence-electron chi connectivity index (χ2n) is 4.52. The third-order valence-electron chi connectivity index (χ3n) is 3.10. The number of aryl methyl sites for hydroxylation is 1. The van der Waals surface area contributed by atoms with Crippen molar-refractivity contribution in [2.75, 3.05) is 5.32 Å². The fourth-order valence-electron chi connectivity index (χ4n) is 2.04. The Hall–Kier alpha value is -2.42. The summed E-state index contributed by atoms with van der Waals surface area (Å²) in [5.41, 5.74) is 5.18. The zero-order valence-corrected chi connectivity index (χ0v) is 10.8. The molecule has 0 aliphatic rings. The zero-order chi connectivity index (χ0) is 13.1. The number of fused-ring (bicyclic) bond motifs is 1. The summed E-state index contributed by atoms with van der Waals surface area (Å²) in [5, 5.41) is 3.39. The number of para-hydroxylation sites is 3. The highest BCUT2D eigenvalue weighted by molar-refractivity contribution is 5.73. The molecule has 0 saturated carbocycles. The van der Waals surface area contributed by atoms with Crippen LogP contribution in [-0.2, 0) is 6.54 Å². The first-order valence-corrected chi connectivity index (χ1v) is 6.33. The zero-order valence-electron chi connectivity index (χ0n) is 10.8. The summed E-state index contributed by atoms with van der Waals surface area (Å²) in [5.74, 6) is 0. The van der Waals surface area contributed by atoms with E-state index in [9.17, 15) is 0 Å². The highest BCUT2D eigenvalue weighted by Gasteiger charge is 2.00. The predicted octanol–water partition coefficient (Wildman–Crippen LogP) is 3.55. The van der Waals surface area contributed by atoms with Crippen LogP contribution in [0.15, 0.2) is 54.7 Å². The molecule has 0 amide bonds. The van der Waals surface area contributed by atoms with Crippen molar-refractivity contribution in [1.29, 1.82) is 0 Å². The molecule has 0 aliphatic heterocycles. The largest absolute Gasteiger partial charge is 0.379 e. The van der Waals surface area contributed by atoms with Gasteiger partial charge in [-0.2, -0.15) is 0 Å². The minimum Gasteiger partial charge on any atom is -0.379 e. The van der Waals surface area contributed by atoms with Crippen molar-refractivity contribution in [1.82, 2.24) is 9.97 Å². The minimum absolute atomic E-state index is 0.683. The summed E-state index contributed by atoms with van der Waals surface area (Å²) in [7, 11) is 0. The van der Waals surface area contributed by atoms with Gasteiger partial charge in [0.2, 0.25) is 0 Å². The summed E-state index contributed by atoms with van der Waals surface area (Å²) in [6.45, 7) is 2.77. The van der Waals surface area contributed by atoms with Crippen LogP contribution in [0.4, 0.5) is 5.69 Å². The van der Waals surface area contributed by atoms with Gasteiger partial charge in [-0.25, -0.2) is 4.98 Å². The molecule has 19 heavy (non-hydrogen) atoms. The van der Waals surface area contributed by atoms with E-state index >= 15 is 0 Å². The SMILES string of the molecule is Cc1ccccc1NCc1cnc2ccccc2n1. The molecule has 0 saturated heterocycles. The lowest BCUT2D eigenvalue weighted by atomic mass is 10.2. The molecule has 3 nitrogen and oxygen atoms in total.